The minimum Gasteiger partial charge on any atom is -0.497 e. The monoisotopic (exact) mass is 330 g/mol. The highest BCUT2D eigenvalue weighted by molar-refractivity contribution is 7.54. The van der Waals surface area contributed by atoms with Crippen LogP contribution in [0.5, 0.6) is 0 Å². The zero-order valence-corrected chi connectivity index (χ0v) is 14.1. The molecule has 124 valence electrons. The van der Waals surface area contributed by atoms with Crippen molar-refractivity contribution in [2.24, 2.45) is 0 Å². The standard InChI is InChI=1S/C15H23O6P/c1-5-21-15(16)12(2)6-7-14(22(17,18-3)19-4)13-8-10-20-11-9-13/h8-10,14H,2,5-7,11H2,1,3-4H3. The van der Waals surface area contributed by atoms with Crippen LogP contribution in [0.1, 0.15) is 19.8 Å². The van der Waals surface area contributed by atoms with Crippen LogP contribution in [0.25, 0.3) is 0 Å². The Hall–Kier alpha value is -1.36. The number of allylic oxidation sites excluding steroid dienone is 2. The summed E-state index contributed by atoms with van der Waals surface area (Å²) in [5.41, 5.74) is 0.644. The lowest BCUT2D eigenvalue weighted by atomic mass is 10.0. The topological polar surface area (TPSA) is 71.1 Å². The summed E-state index contributed by atoms with van der Waals surface area (Å²) in [5, 5.41) is 0. The lowest BCUT2D eigenvalue weighted by Crippen LogP contribution is -2.17. The fraction of sp³-hybridized carbons (Fsp3) is 0.533. The van der Waals surface area contributed by atoms with Gasteiger partial charge >= 0.3 is 13.6 Å². The molecule has 1 heterocycles. The van der Waals surface area contributed by atoms with Gasteiger partial charge in [0.05, 0.1) is 18.5 Å². The summed E-state index contributed by atoms with van der Waals surface area (Å²) < 4.78 is 33.0. The molecule has 0 saturated carbocycles. The van der Waals surface area contributed by atoms with Gasteiger partial charge in [-0.3, -0.25) is 4.57 Å². The Morgan fingerprint density at radius 2 is 2.14 bits per heavy atom. The van der Waals surface area contributed by atoms with E-state index in [1.807, 2.05) is 6.08 Å². The Balaban J connectivity index is 2.86. The van der Waals surface area contributed by atoms with Gasteiger partial charge in [0, 0.05) is 19.8 Å². The van der Waals surface area contributed by atoms with Crippen LogP contribution in [0.2, 0.25) is 0 Å². The molecular formula is C15H23O6P. The lowest BCUT2D eigenvalue weighted by molar-refractivity contribution is -0.138. The molecule has 22 heavy (non-hydrogen) atoms. The molecule has 0 fully saturated rings. The Bertz CT molecular complexity index is 500. The maximum absolute atomic E-state index is 12.8. The fourth-order valence-electron chi connectivity index (χ4n) is 2.12. The molecule has 1 aliphatic rings. The molecule has 0 bridgehead atoms. The second-order valence-corrected chi connectivity index (χ2v) is 7.06. The molecule has 0 saturated heterocycles. The van der Waals surface area contributed by atoms with Crippen LogP contribution in [-0.4, -0.2) is 39.1 Å². The molecule has 1 rings (SSSR count). The van der Waals surface area contributed by atoms with Crippen molar-refractivity contribution in [1.82, 2.24) is 0 Å². The molecule has 0 aromatic rings. The molecule has 1 atom stereocenters. The Labute approximate surface area is 131 Å². The first-order chi connectivity index (χ1) is 10.5. The van der Waals surface area contributed by atoms with Gasteiger partial charge in [-0.05, 0) is 37.5 Å². The van der Waals surface area contributed by atoms with Gasteiger partial charge < -0.3 is 18.5 Å². The number of rotatable bonds is 9. The largest absolute Gasteiger partial charge is 0.497 e. The van der Waals surface area contributed by atoms with Gasteiger partial charge in [0.25, 0.3) is 0 Å². The maximum atomic E-state index is 12.8. The number of ether oxygens (including phenoxy) is 2. The molecule has 0 aliphatic carbocycles. The van der Waals surface area contributed by atoms with Gasteiger partial charge in [0.2, 0.25) is 0 Å². The normalized spacial score (nSPS) is 15.7. The first-order valence-corrected chi connectivity index (χ1v) is 8.64. The van der Waals surface area contributed by atoms with E-state index in [9.17, 15) is 9.36 Å². The van der Waals surface area contributed by atoms with E-state index in [1.165, 1.54) is 20.5 Å². The SMILES string of the molecule is C=C(CCC(C1=CCOC=C1)P(=O)(OC)OC)C(=O)OCC. The first-order valence-electron chi connectivity index (χ1n) is 7.02. The highest BCUT2D eigenvalue weighted by Crippen LogP contribution is 2.56. The van der Waals surface area contributed by atoms with Crippen molar-refractivity contribution in [3.8, 4) is 0 Å². The number of carbonyl (C=O) groups is 1. The second-order valence-electron chi connectivity index (χ2n) is 4.62. The van der Waals surface area contributed by atoms with Gasteiger partial charge in [-0.15, -0.1) is 0 Å². The average Bonchev–Trinajstić information content (AvgIpc) is 2.55. The molecule has 0 aromatic heterocycles. The quantitative estimate of drug-likeness (QED) is 0.367. The van der Waals surface area contributed by atoms with Gasteiger partial charge in [0.1, 0.15) is 6.61 Å². The zero-order valence-electron chi connectivity index (χ0n) is 13.2. The summed E-state index contributed by atoms with van der Waals surface area (Å²) in [4.78, 5) is 11.6. The zero-order chi connectivity index (χ0) is 16.6. The van der Waals surface area contributed by atoms with E-state index < -0.39 is 19.2 Å². The Kier molecular flexibility index (Phi) is 7.59. The van der Waals surface area contributed by atoms with Gasteiger partial charge in [-0.2, -0.15) is 0 Å². The first kappa shape index (κ1) is 18.7. The van der Waals surface area contributed by atoms with Crippen molar-refractivity contribution in [2.45, 2.75) is 25.4 Å². The number of hydrogen-bond donors (Lipinski definition) is 0. The molecular weight excluding hydrogens is 307 g/mol. The maximum Gasteiger partial charge on any atom is 0.337 e. The van der Waals surface area contributed by atoms with Crippen LogP contribution < -0.4 is 0 Å². The van der Waals surface area contributed by atoms with Crippen LogP contribution in [0, 0.1) is 0 Å². The van der Waals surface area contributed by atoms with Crippen molar-refractivity contribution in [3.63, 3.8) is 0 Å². The molecule has 0 aromatic carbocycles. The highest BCUT2D eigenvalue weighted by atomic mass is 31.2. The number of carbonyl (C=O) groups excluding carboxylic acids is 1. The minimum absolute atomic E-state index is 0.293. The summed E-state index contributed by atoms with van der Waals surface area (Å²) in [5.74, 6) is -0.442. The number of esters is 1. The minimum atomic E-state index is -3.33. The Morgan fingerprint density at radius 1 is 1.45 bits per heavy atom. The molecule has 0 spiro atoms. The third-order valence-corrected chi connectivity index (χ3v) is 5.67. The molecule has 6 nitrogen and oxygen atoms in total. The van der Waals surface area contributed by atoms with Crippen LogP contribution in [0.4, 0.5) is 0 Å². The smallest absolute Gasteiger partial charge is 0.337 e. The summed E-state index contributed by atoms with van der Waals surface area (Å²) >= 11 is 0. The van der Waals surface area contributed by atoms with E-state index in [2.05, 4.69) is 6.58 Å². The van der Waals surface area contributed by atoms with E-state index in [4.69, 9.17) is 18.5 Å². The van der Waals surface area contributed by atoms with Gasteiger partial charge in [-0.1, -0.05) is 6.58 Å². The molecule has 1 unspecified atom stereocenters. The van der Waals surface area contributed by atoms with Crippen molar-refractivity contribution in [2.75, 3.05) is 27.4 Å². The summed E-state index contributed by atoms with van der Waals surface area (Å²) in [6, 6.07) is 0. The van der Waals surface area contributed by atoms with E-state index in [0.29, 0.717) is 31.6 Å². The molecule has 1 aliphatic heterocycles. The van der Waals surface area contributed by atoms with Crippen molar-refractivity contribution in [3.05, 3.63) is 36.1 Å². The van der Waals surface area contributed by atoms with Crippen molar-refractivity contribution >= 4 is 13.6 Å². The van der Waals surface area contributed by atoms with Gasteiger partial charge in [-0.25, -0.2) is 4.79 Å². The van der Waals surface area contributed by atoms with Crippen LogP contribution >= 0.6 is 7.60 Å². The fourth-order valence-corrected chi connectivity index (χ4v) is 3.78. The lowest BCUT2D eigenvalue weighted by Gasteiger charge is -2.26. The van der Waals surface area contributed by atoms with Crippen molar-refractivity contribution in [1.29, 1.82) is 0 Å². The van der Waals surface area contributed by atoms with Crippen LogP contribution in [-0.2, 0) is 27.9 Å². The highest BCUT2D eigenvalue weighted by Gasteiger charge is 2.36. The summed E-state index contributed by atoms with van der Waals surface area (Å²) in [6.07, 6.45) is 5.83. The third kappa shape index (κ3) is 4.83. The average molecular weight is 330 g/mol. The van der Waals surface area contributed by atoms with Crippen LogP contribution in [0.15, 0.2) is 36.1 Å². The Morgan fingerprint density at radius 3 is 2.64 bits per heavy atom. The predicted molar refractivity (Wildman–Crippen MR) is 83.6 cm³/mol. The van der Waals surface area contributed by atoms with E-state index in [-0.39, 0.29) is 0 Å². The van der Waals surface area contributed by atoms with Crippen LogP contribution in [0.3, 0.4) is 0 Å². The van der Waals surface area contributed by atoms with E-state index in [0.717, 1.165) is 5.57 Å². The molecule has 0 radical (unpaired) electrons. The molecule has 7 heteroatoms. The van der Waals surface area contributed by atoms with E-state index >= 15 is 0 Å². The predicted octanol–water partition coefficient (Wildman–Crippen LogP) is 3.21. The number of hydrogen-bond acceptors (Lipinski definition) is 6. The third-order valence-electron chi connectivity index (χ3n) is 3.33. The van der Waals surface area contributed by atoms with Gasteiger partial charge in [0.15, 0.2) is 0 Å². The molecule has 0 amide bonds. The van der Waals surface area contributed by atoms with Crippen molar-refractivity contribution < 1.29 is 27.9 Å². The summed E-state index contributed by atoms with van der Waals surface area (Å²) in [6.45, 7) is 6.14. The van der Waals surface area contributed by atoms with E-state index in [1.54, 1.807) is 13.0 Å². The second kappa shape index (κ2) is 8.93. The summed E-state index contributed by atoms with van der Waals surface area (Å²) in [7, 11) is -0.633. The molecule has 0 N–H and O–H groups in total.